The van der Waals surface area contributed by atoms with Crippen LogP contribution in [0.25, 0.3) is 110 Å². The highest BCUT2D eigenvalue weighted by Gasteiger charge is 2.25. The molecule has 0 N–H and O–H groups in total. The number of hydrogen-bond donors (Lipinski definition) is 0. The van der Waals surface area contributed by atoms with Crippen molar-refractivity contribution in [3.05, 3.63) is 158 Å². The third-order valence-corrected chi connectivity index (χ3v) is 10.1. The third-order valence-electron chi connectivity index (χ3n) is 10.1. The van der Waals surface area contributed by atoms with E-state index in [1.807, 2.05) is 24.3 Å². The first-order valence-electron chi connectivity index (χ1n) is 16.6. The summed E-state index contributed by atoms with van der Waals surface area (Å²) in [5, 5.41) is 10.1. The van der Waals surface area contributed by atoms with Crippen LogP contribution in [0.2, 0.25) is 0 Å². The molecule has 3 heteroatoms. The highest BCUT2D eigenvalue weighted by atomic mass is 16.3. The van der Waals surface area contributed by atoms with Gasteiger partial charge < -0.3 is 13.3 Å². The zero-order valence-electron chi connectivity index (χ0n) is 26.2. The van der Waals surface area contributed by atoms with Crippen molar-refractivity contribution in [3.63, 3.8) is 0 Å². The summed E-state index contributed by atoms with van der Waals surface area (Å²) < 4.78 is 19.5. The molecule has 8 aromatic carbocycles. The van der Waals surface area contributed by atoms with Gasteiger partial charge in [0.25, 0.3) is 0 Å². The predicted octanol–water partition coefficient (Wildman–Crippen LogP) is 13.5. The highest BCUT2D eigenvalue weighted by molar-refractivity contribution is 6.24. The summed E-state index contributed by atoms with van der Waals surface area (Å²) >= 11 is 0. The lowest BCUT2D eigenvalue weighted by molar-refractivity contribution is 0.630. The molecule has 3 heterocycles. The van der Waals surface area contributed by atoms with Crippen LogP contribution in [0, 0.1) is 0 Å². The van der Waals surface area contributed by atoms with Crippen molar-refractivity contribution < 1.29 is 13.3 Å². The van der Waals surface area contributed by atoms with Gasteiger partial charge in [0.2, 0.25) is 0 Å². The maximum Gasteiger partial charge on any atom is 0.144 e. The molecule has 0 saturated heterocycles. The molecule has 3 aromatic heterocycles. The summed E-state index contributed by atoms with van der Waals surface area (Å²) in [6, 6.07) is 55.4. The minimum atomic E-state index is 0.801. The molecule has 0 aliphatic heterocycles. The molecular formula is C46H26O3. The number of hydrogen-bond acceptors (Lipinski definition) is 3. The highest BCUT2D eigenvalue weighted by Crippen LogP contribution is 2.50. The molecule has 3 nitrogen and oxygen atoms in total. The van der Waals surface area contributed by atoms with Crippen molar-refractivity contribution >= 4 is 76.4 Å². The molecule has 0 bridgehead atoms. The first-order chi connectivity index (χ1) is 24.3. The van der Waals surface area contributed by atoms with E-state index in [2.05, 4.69) is 133 Å². The van der Waals surface area contributed by atoms with Crippen LogP contribution in [0.1, 0.15) is 0 Å². The Hall–Kier alpha value is -6.58. The zero-order chi connectivity index (χ0) is 32.1. The van der Waals surface area contributed by atoms with Crippen LogP contribution >= 0.6 is 0 Å². The minimum Gasteiger partial charge on any atom is -0.456 e. The fraction of sp³-hybridized carbons (Fsp3) is 0. The van der Waals surface area contributed by atoms with Gasteiger partial charge in [0, 0.05) is 44.1 Å². The largest absolute Gasteiger partial charge is 0.456 e. The quantitative estimate of drug-likeness (QED) is 0.183. The van der Waals surface area contributed by atoms with Crippen molar-refractivity contribution in [2.45, 2.75) is 0 Å². The summed E-state index contributed by atoms with van der Waals surface area (Å²) in [6.07, 6.45) is 0. The van der Waals surface area contributed by atoms with E-state index < -0.39 is 0 Å². The van der Waals surface area contributed by atoms with Crippen LogP contribution in [0.3, 0.4) is 0 Å². The average Bonchev–Trinajstić information content (AvgIpc) is 3.83. The minimum absolute atomic E-state index is 0.801. The standard InChI is InChI=1S/C46H26O3/c1-2-12-27(13-3-1)44-37-25-36-30-15-9-11-21-39(30)48-41(36)26-42(37)49-46(44)45-33-18-6-4-16-31(33)43(32-17-5-7-19-34(32)45)28-22-23-40-35(24-28)29-14-8-10-20-38(29)47-40/h1-26H. The van der Waals surface area contributed by atoms with E-state index in [1.54, 1.807) is 0 Å². The van der Waals surface area contributed by atoms with Gasteiger partial charge in [-0.3, -0.25) is 0 Å². The summed E-state index contributed by atoms with van der Waals surface area (Å²) in [4.78, 5) is 0. The lowest BCUT2D eigenvalue weighted by Gasteiger charge is -2.17. The summed E-state index contributed by atoms with van der Waals surface area (Å²) in [5.74, 6) is 0.855. The molecule has 0 fully saturated rings. The first-order valence-corrected chi connectivity index (χ1v) is 16.6. The second-order valence-electron chi connectivity index (χ2n) is 12.8. The monoisotopic (exact) mass is 626 g/mol. The molecule has 0 aliphatic rings. The molecule has 0 unspecified atom stereocenters. The van der Waals surface area contributed by atoms with E-state index in [-0.39, 0.29) is 0 Å². The SMILES string of the molecule is c1ccc(-c2c(-c3c4ccccc4c(-c4ccc5oc6ccccc6c5c4)c4ccccc34)oc3cc4oc5ccccc5c4cc23)cc1. The van der Waals surface area contributed by atoms with Crippen molar-refractivity contribution in [1.82, 2.24) is 0 Å². The van der Waals surface area contributed by atoms with Gasteiger partial charge in [-0.2, -0.15) is 0 Å². The molecule has 49 heavy (non-hydrogen) atoms. The maximum absolute atomic E-state index is 7.03. The molecule has 11 rings (SSSR count). The molecule has 0 amide bonds. The van der Waals surface area contributed by atoms with Gasteiger partial charge in [0.05, 0.1) is 0 Å². The Kier molecular flexibility index (Phi) is 5.38. The van der Waals surface area contributed by atoms with E-state index in [9.17, 15) is 0 Å². The van der Waals surface area contributed by atoms with E-state index >= 15 is 0 Å². The number of rotatable bonds is 3. The second-order valence-corrected chi connectivity index (χ2v) is 12.8. The van der Waals surface area contributed by atoms with Gasteiger partial charge in [0.15, 0.2) is 0 Å². The number of para-hydroxylation sites is 2. The Morgan fingerprint density at radius 3 is 1.39 bits per heavy atom. The van der Waals surface area contributed by atoms with Gasteiger partial charge in [-0.1, -0.05) is 121 Å². The van der Waals surface area contributed by atoms with Crippen LogP contribution < -0.4 is 0 Å². The van der Waals surface area contributed by atoms with Crippen molar-refractivity contribution in [2.75, 3.05) is 0 Å². The lowest BCUT2D eigenvalue weighted by Crippen LogP contribution is -1.91. The first kappa shape index (κ1) is 26.5. The molecule has 0 spiro atoms. The number of fused-ring (bicyclic) bond motifs is 9. The fourth-order valence-electron chi connectivity index (χ4n) is 7.95. The Morgan fingerprint density at radius 1 is 0.245 bits per heavy atom. The lowest BCUT2D eigenvalue weighted by atomic mass is 9.86. The van der Waals surface area contributed by atoms with Crippen molar-refractivity contribution in [3.8, 4) is 33.6 Å². The average molecular weight is 627 g/mol. The predicted molar refractivity (Wildman–Crippen MR) is 202 cm³/mol. The molecule has 11 aromatic rings. The second kappa shape index (κ2) is 9.96. The number of benzene rings is 8. The molecule has 0 saturated carbocycles. The topological polar surface area (TPSA) is 39.4 Å². The Labute approximate surface area is 280 Å². The van der Waals surface area contributed by atoms with Crippen molar-refractivity contribution in [1.29, 1.82) is 0 Å². The molecule has 0 atom stereocenters. The van der Waals surface area contributed by atoms with E-state index in [0.29, 0.717) is 0 Å². The molecular weight excluding hydrogens is 601 g/mol. The smallest absolute Gasteiger partial charge is 0.144 e. The van der Waals surface area contributed by atoms with Crippen molar-refractivity contribution in [2.24, 2.45) is 0 Å². The van der Waals surface area contributed by atoms with E-state index in [4.69, 9.17) is 13.3 Å². The van der Waals surface area contributed by atoms with Crippen LogP contribution in [0.5, 0.6) is 0 Å². The summed E-state index contributed by atoms with van der Waals surface area (Å²) in [6.45, 7) is 0. The van der Waals surface area contributed by atoms with Crippen LogP contribution in [0.15, 0.2) is 171 Å². The summed E-state index contributed by atoms with van der Waals surface area (Å²) in [7, 11) is 0. The van der Waals surface area contributed by atoms with Gasteiger partial charge in [-0.25, -0.2) is 0 Å². The normalized spacial score (nSPS) is 12.1. The Bertz CT molecular complexity index is 3040. The fourth-order valence-corrected chi connectivity index (χ4v) is 7.95. The van der Waals surface area contributed by atoms with Gasteiger partial charge in [-0.05, 0) is 68.6 Å². The molecule has 228 valence electrons. The molecule has 0 radical (unpaired) electrons. The van der Waals surface area contributed by atoms with Gasteiger partial charge in [-0.15, -0.1) is 0 Å². The summed E-state index contributed by atoms with van der Waals surface area (Å²) in [5.41, 5.74) is 9.91. The van der Waals surface area contributed by atoms with Crippen LogP contribution in [-0.2, 0) is 0 Å². The Balaban J connectivity index is 1.26. The van der Waals surface area contributed by atoms with Gasteiger partial charge in [0.1, 0.15) is 33.7 Å². The van der Waals surface area contributed by atoms with Crippen LogP contribution in [0.4, 0.5) is 0 Å². The maximum atomic E-state index is 7.03. The van der Waals surface area contributed by atoms with E-state index in [0.717, 1.165) is 93.6 Å². The zero-order valence-corrected chi connectivity index (χ0v) is 26.2. The molecule has 0 aliphatic carbocycles. The third kappa shape index (κ3) is 3.78. The number of furan rings is 3. The van der Waals surface area contributed by atoms with Crippen LogP contribution in [-0.4, -0.2) is 0 Å². The Morgan fingerprint density at radius 2 is 0.735 bits per heavy atom. The van der Waals surface area contributed by atoms with E-state index in [1.165, 1.54) is 16.3 Å². The van der Waals surface area contributed by atoms with Gasteiger partial charge >= 0.3 is 0 Å².